The third-order valence-electron chi connectivity index (χ3n) is 6.32. The topological polar surface area (TPSA) is 91.6 Å². The number of hydrogen-bond acceptors (Lipinski definition) is 4. The van der Waals surface area contributed by atoms with E-state index in [0.717, 1.165) is 11.8 Å². The van der Waals surface area contributed by atoms with Crippen LogP contribution in [0.5, 0.6) is 5.75 Å². The number of fused-ring (bicyclic) bond motifs is 6. The summed E-state index contributed by atoms with van der Waals surface area (Å²) in [4.78, 5) is 40.0. The molecule has 2 aliphatic heterocycles. The Morgan fingerprint density at radius 3 is 2.49 bits per heavy atom. The maximum atomic E-state index is 14.1. The highest BCUT2D eigenvalue weighted by molar-refractivity contribution is 5.99. The Hall–Kier alpha value is -4.15. The summed E-state index contributed by atoms with van der Waals surface area (Å²) in [5.41, 5.74) is -1.40. The minimum absolute atomic E-state index is 0.123. The molecule has 2 aliphatic rings. The van der Waals surface area contributed by atoms with Crippen molar-refractivity contribution in [2.45, 2.75) is 19.0 Å². The Morgan fingerprint density at radius 1 is 1.06 bits per heavy atom. The van der Waals surface area contributed by atoms with Gasteiger partial charge in [-0.25, -0.2) is 17.6 Å². The fraction of sp³-hybridized carbons (Fsp3) is 0.208. The van der Waals surface area contributed by atoms with Crippen LogP contribution in [-0.2, 0) is 13.0 Å². The number of carbonyl (C=O) groups excluding carboxylic acids is 2. The largest absolute Gasteiger partial charge is 0.503 e. The van der Waals surface area contributed by atoms with Crippen LogP contribution in [0.2, 0.25) is 0 Å². The van der Waals surface area contributed by atoms with E-state index in [-0.39, 0.29) is 12.2 Å². The van der Waals surface area contributed by atoms with Crippen LogP contribution in [0.4, 0.5) is 17.6 Å². The Kier molecular flexibility index (Phi) is 5.34. The summed E-state index contributed by atoms with van der Waals surface area (Å²) >= 11 is 0. The van der Waals surface area contributed by atoms with Crippen LogP contribution in [0.3, 0.4) is 0 Å². The molecular weight excluding hydrogens is 470 g/mol. The molecule has 1 aromatic heterocycles. The van der Waals surface area contributed by atoms with Crippen molar-refractivity contribution in [1.82, 2.24) is 14.8 Å². The van der Waals surface area contributed by atoms with E-state index in [1.54, 1.807) is 6.07 Å². The molecule has 11 heteroatoms. The van der Waals surface area contributed by atoms with Gasteiger partial charge < -0.3 is 19.9 Å². The van der Waals surface area contributed by atoms with Crippen molar-refractivity contribution in [3.05, 3.63) is 98.0 Å². The van der Waals surface area contributed by atoms with Crippen molar-refractivity contribution >= 4 is 11.8 Å². The van der Waals surface area contributed by atoms with Gasteiger partial charge in [0.15, 0.2) is 11.4 Å². The number of nitrogens with zero attached hydrogens (tertiary/aromatic N) is 2. The first-order valence-electron chi connectivity index (χ1n) is 10.6. The number of aromatic hydroxyl groups is 1. The molecule has 0 fully saturated rings. The number of hydrogen-bond donors (Lipinski definition) is 2. The van der Waals surface area contributed by atoms with Crippen LogP contribution < -0.4 is 10.7 Å². The fourth-order valence-electron chi connectivity index (χ4n) is 4.57. The molecule has 0 radical (unpaired) electrons. The number of nitrogens with one attached hydrogen (secondary N) is 1. The van der Waals surface area contributed by atoms with Gasteiger partial charge in [-0.3, -0.25) is 14.4 Å². The number of pyridine rings is 1. The molecule has 0 saturated carbocycles. The van der Waals surface area contributed by atoms with Gasteiger partial charge in [-0.1, -0.05) is 6.07 Å². The van der Waals surface area contributed by atoms with Gasteiger partial charge in [0, 0.05) is 43.5 Å². The van der Waals surface area contributed by atoms with Gasteiger partial charge in [0.2, 0.25) is 5.43 Å². The van der Waals surface area contributed by atoms with Crippen molar-refractivity contribution in [3.63, 3.8) is 0 Å². The summed E-state index contributed by atoms with van der Waals surface area (Å²) in [6.07, 6.45) is 1.50. The molecule has 0 aliphatic carbocycles. The summed E-state index contributed by atoms with van der Waals surface area (Å²) in [5, 5.41) is 12.8. The highest BCUT2D eigenvalue weighted by Crippen LogP contribution is 2.35. The normalized spacial score (nSPS) is 16.4. The quantitative estimate of drug-likeness (QED) is 0.556. The smallest absolute Gasteiger partial charge is 0.274 e. The highest BCUT2D eigenvalue weighted by Gasteiger charge is 2.38. The maximum absolute atomic E-state index is 14.1. The zero-order valence-corrected chi connectivity index (χ0v) is 17.9. The Balaban J connectivity index is 1.56. The molecule has 2 bridgehead atoms. The number of carbonyl (C=O) groups is 2. The first kappa shape index (κ1) is 22.6. The predicted molar refractivity (Wildman–Crippen MR) is 114 cm³/mol. The minimum Gasteiger partial charge on any atom is -0.503 e. The molecule has 2 amide bonds. The summed E-state index contributed by atoms with van der Waals surface area (Å²) < 4.78 is 56.3. The van der Waals surface area contributed by atoms with Gasteiger partial charge in [0.25, 0.3) is 11.8 Å². The van der Waals surface area contributed by atoms with Crippen molar-refractivity contribution in [2.24, 2.45) is 0 Å². The van der Waals surface area contributed by atoms with Crippen LogP contribution in [0.15, 0.2) is 41.3 Å². The molecule has 1 atom stereocenters. The second kappa shape index (κ2) is 8.26. The van der Waals surface area contributed by atoms with E-state index in [4.69, 9.17) is 0 Å². The predicted octanol–water partition coefficient (Wildman–Crippen LogP) is 2.64. The maximum Gasteiger partial charge on any atom is 0.274 e. The van der Waals surface area contributed by atoms with E-state index in [2.05, 4.69) is 5.32 Å². The molecule has 180 valence electrons. The number of benzene rings is 2. The van der Waals surface area contributed by atoms with Crippen molar-refractivity contribution in [3.8, 4) is 5.75 Å². The molecule has 35 heavy (non-hydrogen) atoms. The van der Waals surface area contributed by atoms with Crippen LogP contribution in [0.25, 0.3) is 0 Å². The molecule has 3 aromatic rings. The lowest BCUT2D eigenvalue weighted by atomic mass is 9.97. The zero-order valence-electron chi connectivity index (χ0n) is 17.9. The molecule has 2 aromatic carbocycles. The van der Waals surface area contributed by atoms with Gasteiger partial charge in [-0.05, 0) is 29.7 Å². The Morgan fingerprint density at radius 2 is 1.77 bits per heavy atom. The van der Waals surface area contributed by atoms with Crippen molar-refractivity contribution in [1.29, 1.82) is 0 Å². The van der Waals surface area contributed by atoms with E-state index in [1.807, 2.05) is 0 Å². The molecule has 1 unspecified atom stereocenters. The zero-order chi connectivity index (χ0) is 25.0. The first-order chi connectivity index (χ1) is 16.7. The summed E-state index contributed by atoms with van der Waals surface area (Å²) in [5.74, 6) is -6.75. The molecular formula is C24H17F4N3O4. The first-order valence-corrected chi connectivity index (χ1v) is 10.6. The summed E-state index contributed by atoms with van der Waals surface area (Å²) in [6, 6.07) is 4.40. The third-order valence-corrected chi connectivity index (χ3v) is 6.32. The lowest BCUT2D eigenvalue weighted by Gasteiger charge is -2.35. The Labute approximate surface area is 195 Å². The lowest BCUT2D eigenvalue weighted by Crippen LogP contribution is -2.45. The van der Waals surface area contributed by atoms with Gasteiger partial charge in [-0.2, -0.15) is 0 Å². The van der Waals surface area contributed by atoms with Crippen LogP contribution in [-0.4, -0.2) is 39.5 Å². The summed E-state index contributed by atoms with van der Waals surface area (Å²) in [7, 11) is 0. The second-order valence-corrected chi connectivity index (χ2v) is 8.37. The SMILES string of the molecule is O=C(NCc1c(F)cc(F)cc1F)c1cn2c(c(O)c1=O)C(=O)N1CCc3ccc(F)cc3C2C1. The summed E-state index contributed by atoms with van der Waals surface area (Å²) in [6.45, 7) is -0.292. The van der Waals surface area contributed by atoms with E-state index in [0.29, 0.717) is 30.7 Å². The van der Waals surface area contributed by atoms with Gasteiger partial charge in [0.05, 0.1) is 6.04 Å². The van der Waals surface area contributed by atoms with E-state index in [9.17, 15) is 37.1 Å². The van der Waals surface area contributed by atoms with Crippen LogP contribution in [0.1, 0.15) is 43.6 Å². The molecule has 3 heterocycles. The van der Waals surface area contributed by atoms with Crippen molar-refractivity contribution < 1.29 is 32.3 Å². The van der Waals surface area contributed by atoms with Crippen LogP contribution >= 0.6 is 0 Å². The standard InChI is InChI=1S/C24H17F4N3O4/c25-12-2-1-11-3-4-30-10-19(14(11)5-12)31-9-16(21(32)22(33)20(31)24(30)35)23(34)29-8-15-17(27)6-13(26)7-18(15)28/h1-2,5-7,9,19,33H,3-4,8,10H2,(H,29,34). The molecule has 7 nitrogen and oxygen atoms in total. The van der Waals surface area contributed by atoms with Gasteiger partial charge in [0.1, 0.15) is 28.8 Å². The number of amides is 2. The Bertz CT molecular complexity index is 1450. The van der Waals surface area contributed by atoms with E-state index >= 15 is 0 Å². The molecule has 0 saturated heterocycles. The second-order valence-electron chi connectivity index (χ2n) is 8.37. The molecule has 2 N–H and O–H groups in total. The monoisotopic (exact) mass is 487 g/mol. The minimum atomic E-state index is -1.23. The van der Waals surface area contributed by atoms with Crippen molar-refractivity contribution in [2.75, 3.05) is 13.1 Å². The van der Waals surface area contributed by atoms with E-state index in [1.165, 1.54) is 21.6 Å². The number of halogens is 4. The lowest BCUT2D eigenvalue weighted by molar-refractivity contribution is 0.0686. The average molecular weight is 487 g/mol. The highest BCUT2D eigenvalue weighted by atomic mass is 19.1. The number of aromatic nitrogens is 1. The average Bonchev–Trinajstić information content (AvgIpc) is 2.96. The third kappa shape index (κ3) is 3.72. The van der Waals surface area contributed by atoms with Crippen LogP contribution in [0, 0.1) is 23.3 Å². The van der Waals surface area contributed by atoms with Gasteiger partial charge in [-0.15, -0.1) is 0 Å². The molecule has 0 spiro atoms. The molecule has 5 rings (SSSR count). The van der Waals surface area contributed by atoms with E-state index < -0.39 is 70.0 Å². The van der Waals surface area contributed by atoms with Gasteiger partial charge >= 0.3 is 0 Å². The number of rotatable bonds is 3. The fourth-order valence-corrected chi connectivity index (χ4v) is 4.57.